The van der Waals surface area contributed by atoms with Crippen LogP contribution >= 0.6 is 0 Å². The van der Waals surface area contributed by atoms with E-state index in [-0.39, 0.29) is 12.0 Å². The van der Waals surface area contributed by atoms with Crippen LogP contribution in [0.1, 0.15) is 50.8 Å². The van der Waals surface area contributed by atoms with Crippen molar-refractivity contribution in [3.8, 4) is 5.82 Å². The van der Waals surface area contributed by atoms with Crippen LogP contribution in [0.15, 0.2) is 24.4 Å². The van der Waals surface area contributed by atoms with E-state index in [4.69, 9.17) is 10.5 Å². The second-order valence-electron chi connectivity index (χ2n) is 7.84. The molecule has 7 nitrogen and oxygen atoms in total. The Morgan fingerprint density at radius 1 is 1.27 bits per heavy atom. The highest BCUT2D eigenvalue weighted by atomic mass is 16.6. The fourth-order valence-corrected chi connectivity index (χ4v) is 3.07. The van der Waals surface area contributed by atoms with Gasteiger partial charge >= 0.3 is 6.09 Å². The van der Waals surface area contributed by atoms with Crippen molar-refractivity contribution in [3.63, 3.8) is 0 Å². The molecule has 0 atom stereocenters. The van der Waals surface area contributed by atoms with Crippen molar-refractivity contribution in [1.29, 1.82) is 0 Å². The number of carbonyl (C=O) groups excluding carboxylic acids is 1. The van der Waals surface area contributed by atoms with Crippen LogP contribution in [0.4, 0.5) is 10.6 Å². The molecule has 0 unspecified atom stereocenters. The highest BCUT2D eigenvalue weighted by molar-refractivity contribution is 5.68. The Hall–Kier alpha value is -2.57. The van der Waals surface area contributed by atoms with Gasteiger partial charge < -0.3 is 15.4 Å². The quantitative estimate of drug-likeness (QED) is 0.891. The summed E-state index contributed by atoms with van der Waals surface area (Å²) in [6.45, 7) is 8.96. The van der Waals surface area contributed by atoms with Crippen molar-refractivity contribution >= 4 is 11.9 Å². The molecule has 1 saturated heterocycles. The van der Waals surface area contributed by atoms with E-state index in [1.54, 1.807) is 15.8 Å². The summed E-state index contributed by atoms with van der Waals surface area (Å²) >= 11 is 0. The molecule has 0 radical (unpaired) electrons. The molecule has 0 bridgehead atoms. The molecule has 1 fully saturated rings. The number of likely N-dealkylation sites (tertiary alicyclic amines) is 1. The minimum absolute atomic E-state index is 0.246. The number of carbonyl (C=O) groups is 1. The minimum Gasteiger partial charge on any atom is -0.444 e. The van der Waals surface area contributed by atoms with E-state index >= 15 is 0 Å². The van der Waals surface area contributed by atoms with Crippen LogP contribution in [0, 0.1) is 6.92 Å². The van der Waals surface area contributed by atoms with Crippen molar-refractivity contribution in [2.24, 2.45) is 0 Å². The van der Waals surface area contributed by atoms with Crippen molar-refractivity contribution in [2.45, 2.75) is 52.1 Å². The molecule has 3 rings (SSSR count). The van der Waals surface area contributed by atoms with Crippen LogP contribution in [0.3, 0.4) is 0 Å². The molecule has 0 aliphatic carbocycles. The van der Waals surface area contributed by atoms with E-state index in [1.165, 1.54) is 0 Å². The Labute approximate surface area is 154 Å². The lowest BCUT2D eigenvalue weighted by Gasteiger charge is -2.32. The predicted octanol–water partition coefficient (Wildman–Crippen LogP) is 3.27. The molecular formula is C19H27N5O2. The molecule has 2 aromatic heterocycles. The highest BCUT2D eigenvalue weighted by Gasteiger charge is 2.29. The van der Waals surface area contributed by atoms with E-state index in [0.717, 1.165) is 24.1 Å². The van der Waals surface area contributed by atoms with Gasteiger partial charge in [-0.15, -0.1) is 0 Å². The topological polar surface area (TPSA) is 86.3 Å². The van der Waals surface area contributed by atoms with Crippen molar-refractivity contribution < 1.29 is 9.53 Å². The number of rotatable bonds is 2. The number of nitrogen functional groups attached to an aromatic ring is 1. The van der Waals surface area contributed by atoms with Gasteiger partial charge in [-0.2, -0.15) is 9.78 Å². The third kappa shape index (κ3) is 4.15. The van der Waals surface area contributed by atoms with Gasteiger partial charge in [0.2, 0.25) is 0 Å². The number of aromatic nitrogens is 3. The molecular weight excluding hydrogens is 330 g/mol. The van der Waals surface area contributed by atoms with E-state index in [1.807, 2.05) is 45.9 Å². The molecule has 140 valence electrons. The molecule has 2 N–H and O–H groups in total. The van der Waals surface area contributed by atoms with Crippen LogP contribution in [0.25, 0.3) is 5.82 Å². The Morgan fingerprint density at radius 3 is 2.54 bits per heavy atom. The maximum absolute atomic E-state index is 12.2. The zero-order valence-corrected chi connectivity index (χ0v) is 15.9. The molecule has 7 heteroatoms. The standard InChI is InChI=1S/C19H27N5O2/c1-13-5-6-17(21-12-13)24-16(20)11-15(22-24)14-7-9-23(10-8-14)18(25)26-19(2,3)4/h5-6,11-12,14H,7-10,20H2,1-4H3. The molecule has 26 heavy (non-hydrogen) atoms. The summed E-state index contributed by atoms with van der Waals surface area (Å²) in [5.74, 6) is 1.57. The molecule has 0 spiro atoms. The summed E-state index contributed by atoms with van der Waals surface area (Å²) in [5.41, 5.74) is 7.71. The van der Waals surface area contributed by atoms with Gasteiger partial charge in [-0.3, -0.25) is 0 Å². The number of hydrogen-bond donors (Lipinski definition) is 1. The predicted molar refractivity (Wildman–Crippen MR) is 100 cm³/mol. The number of ether oxygens (including phenoxy) is 1. The summed E-state index contributed by atoms with van der Waals surface area (Å²) in [6.07, 6.45) is 3.24. The van der Waals surface area contributed by atoms with E-state index in [0.29, 0.717) is 24.7 Å². The number of nitrogens with zero attached hydrogens (tertiary/aromatic N) is 4. The number of hydrogen-bond acceptors (Lipinski definition) is 5. The maximum atomic E-state index is 12.2. The number of nitrogens with two attached hydrogens (primary N) is 1. The van der Waals surface area contributed by atoms with Crippen LogP contribution in [0.5, 0.6) is 0 Å². The fraction of sp³-hybridized carbons (Fsp3) is 0.526. The fourth-order valence-electron chi connectivity index (χ4n) is 3.07. The molecule has 1 aliphatic heterocycles. The van der Waals surface area contributed by atoms with Crippen molar-refractivity contribution in [3.05, 3.63) is 35.7 Å². The van der Waals surface area contributed by atoms with Crippen LogP contribution in [0.2, 0.25) is 0 Å². The van der Waals surface area contributed by atoms with Crippen LogP contribution < -0.4 is 5.73 Å². The molecule has 1 aliphatic rings. The third-order valence-corrected chi connectivity index (χ3v) is 4.43. The zero-order valence-electron chi connectivity index (χ0n) is 15.9. The second kappa shape index (κ2) is 6.97. The third-order valence-electron chi connectivity index (χ3n) is 4.43. The first-order valence-corrected chi connectivity index (χ1v) is 8.99. The second-order valence-corrected chi connectivity index (χ2v) is 7.84. The van der Waals surface area contributed by atoms with E-state index < -0.39 is 5.60 Å². The van der Waals surface area contributed by atoms with Gasteiger partial charge in [-0.1, -0.05) is 6.07 Å². The van der Waals surface area contributed by atoms with E-state index in [9.17, 15) is 4.79 Å². The summed E-state index contributed by atoms with van der Waals surface area (Å²) in [6, 6.07) is 5.81. The molecule has 2 aromatic rings. The largest absolute Gasteiger partial charge is 0.444 e. The van der Waals surface area contributed by atoms with Crippen LogP contribution in [-0.2, 0) is 4.74 Å². The average Bonchev–Trinajstić information content (AvgIpc) is 2.96. The Morgan fingerprint density at radius 2 is 1.96 bits per heavy atom. The summed E-state index contributed by atoms with van der Waals surface area (Å²) in [4.78, 5) is 18.3. The van der Waals surface area contributed by atoms with Gasteiger partial charge in [0.05, 0.1) is 5.69 Å². The molecule has 3 heterocycles. The van der Waals surface area contributed by atoms with E-state index in [2.05, 4.69) is 10.1 Å². The Balaban J connectivity index is 1.66. The van der Waals surface area contributed by atoms with Crippen molar-refractivity contribution in [2.75, 3.05) is 18.8 Å². The number of piperidine rings is 1. The first-order valence-electron chi connectivity index (χ1n) is 8.99. The molecule has 0 saturated carbocycles. The van der Waals surface area contributed by atoms with Gasteiger partial charge in [-0.25, -0.2) is 9.78 Å². The summed E-state index contributed by atoms with van der Waals surface area (Å²) in [5, 5.41) is 4.66. The monoisotopic (exact) mass is 357 g/mol. The lowest BCUT2D eigenvalue weighted by Crippen LogP contribution is -2.41. The zero-order chi connectivity index (χ0) is 18.9. The highest BCUT2D eigenvalue weighted by Crippen LogP contribution is 2.29. The summed E-state index contributed by atoms with van der Waals surface area (Å²) < 4.78 is 7.12. The van der Waals surface area contributed by atoms with Gasteiger partial charge in [-0.05, 0) is 52.2 Å². The van der Waals surface area contributed by atoms with Gasteiger partial charge in [0.15, 0.2) is 5.82 Å². The molecule has 1 amide bonds. The van der Waals surface area contributed by atoms with Crippen LogP contribution in [-0.4, -0.2) is 44.4 Å². The Kier molecular flexibility index (Phi) is 4.89. The lowest BCUT2D eigenvalue weighted by molar-refractivity contribution is 0.0204. The summed E-state index contributed by atoms with van der Waals surface area (Å²) in [7, 11) is 0. The maximum Gasteiger partial charge on any atom is 0.410 e. The van der Waals surface area contributed by atoms with Gasteiger partial charge in [0.1, 0.15) is 11.4 Å². The lowest BCUT2D eigenvalue weighted by atomic mass is 9.94. The number of anilines is 1. The smallest absolute Gasteiger partial charge is 0.410 e. The normalized spacial score (nSPS) is 15.9. The minimum atomic E-state index is -0.470. The molecule has 0 aromatic carbocycles. The first kappa shape index (κ1) is 18.2. The van der Waals surface area contributed by atoms with Gasteiger partial charge in [0, 0.05) is 31.3 Å². The Bertz CT molecular complexity index is 768. The number of aryl methyl sites for hydroxylation is 1. The number of pyridine rings is 1. The van der Waals surface area contributed by atoms with Gasteiger partial charge in [0.25, 0.3) is 0 Å². The first-order chi connectivity index (χ1) is 12.2. The number of amides is 1. The average molecular weight is 357 g/mol. The van der Waals surface area contributed by atoms with Crippen molar-refractivity contribution in [1.82, 2.24) is 19.7 Å². The SMILES string of the molecule is Cc1ccc(-n2nc(C3CCN(C(=O)OC(C)(C)C)CC3)cc2N)nc1.